The van der Waals surface area contributed by atoms with Crippen LogP contribution in [0.2, 0.25) is 5.15 Å². The average molecular weight is 390 g/mol. The number of carbonyl (C=O) groups excluding carboxylic acids is 1. The Morgan fingerprint density at radius 3 is 2.59 bits per heavy atom. The molecule has 2 aliphatic rings. The van der Waals surface area contributed by atoms with E-state index in [-0.39, 0.29) is 18.6 Å². The van der Waals surface area contributed by atoms with E-state index in [2.05, 4.69) is 9.88 Å². The van der Waals surface area contributed by atoms with Crippen molar-refractivity contribution in [1.82, 2.24) is 14.8 Å². The zero-order valence-electron chi connectivity index (χ0n) is 15.7. The molecule has 2 aromatic rings. The Kier molecular flexibility index (Phi) is 5.10. The molecule has 27 heavy (non-hydrogen) atoms. The predicted octanol–water partition coefficient (Wildman–Crippen LogP) is 3.31. The summed E-state index contributed by atoms with van der Waals surface area (Å²) in [4.78, 5) is 21.4. The van der Waals surface area contributed by atoms with Crippen molar-refractivity contribution in [3.8, 4) is 11.5 Å². The van der Waals surface area contributed by atoms with Crippen LogP contribution in [-0.2, 0) is 11.3 Å². The lowest BCUT2D eigenvalue weighted by Gasteiger charge is -2.32. The van der Waals surface area contributed by atoms with Gasteiger partial charge in [-0.1, -0.05) is 18.0 Å². The Bertz CT molecular complexity index is 867. The van der Waals surface area contributed by atoms with Crippen LogP contribution in [0.1, 0.15) is 24.8 Å². The molecular formula is C20H24ClN3O3. The Balaban J connectivity index is 1.61. The zero-order chi connectivity index (χ0) is 19.0. The van der Waals surface area contributed by atoms with E-state index < -0.39 is 0 Å². The summed E-state index contributed by atoms with van der Waals surface area (Å²) in [5.41, 5.74) is 1.62. The van der Waals surface area contributed by atoms with Gasteiger partial charge in [-0.2, -0.15) is 0 Å². The third-order valence-electron chi connectivity index (χ3n) is 5.28. The van der Waals surface area contributed by atoms with Crippen molar-refractivity contribution >= 4 is 28.4 Å². The van der Waals surface area contributed by atoms with Crippen LogP contribution < -0.4 is 9.47 Å². The minimum absolute atomic E-state index is 0.160. The summed E-state index contributed by atoms with van der Waals surface area (Å²) >= 11 is 6.46. The lowest BCUT2D eigenvalue weighted by atomic mass is 9.84. The quantitative estimate of drug-likeness (QED) is 0.709. The summed E-state index contributed by atoms with van der Waals surface area (Å²) in [6.45, 7) is 2.19. The van der Waals surface area contributed by atoms with Gasteiger partial charge < -0.3 is 19.3 Å². The smallest absolute Gasteiger partial charge is 0.231 e. The first-order valence-corrected chi connectivity index (χ1v) is 9.71. The SMILES string of the molecule is CN(C)CCN(Cc1cc2cc3c(cc2nc1Cl)OCO3)C(=O)C1CCC1. The lowest BCUT2D eigenvalue weighted by molar-refractivity contribution is -0.139. The molecule has 0 N–H and O–H groups in total. The number of pyridine rings is 1. The normalized spacial score (nSPS) is 16.0. The number of rotatable bonds is 6. The molecule has 1 saturated carbocycles. The summed E-state index contributed by atoms with van der Waals surface area (Å²) in [5.74, 6) is 1.79. The topological polar surface area (TPSA) is 54.9 Å². The highest BCUT2D eigenvalue weighted by Gasteiger charge is 2.30. The number of hydrogen-bond acceptors (Lipinski definition) is 5. The van der Waals surface area contributed by atoms with Crippen LogP contribution in [0.3, 0.4) is 0 Å². The van der Waals surface area contributed by atoms with E-state index in [0.717, 1.165) is 42.3 Å². The fourth-order valence-electron chi connectivity index (χ4n) is 3.40. The van der Waals surface area contributed by atoms with Crippen molar-refractivity contribution < 1.29 is 14.3 Å². The second-order valence-electron chi connectivity index (χ2n) is 7.53. The number of hydrogen-bond donors (Lipinski definition) is 0. The van der Waals surface area contributed by atoms with E-state index in [1.807, 2.05) is 37.2 Å². The molecule has 1 amide bonds. The van der Waals surface area contributed by atoms with Crippen molar-refractivity contribution in [2.24, 2.45) is 5.92 Å². The first-order chi connectivity index (χ1) is 13.0. The molecule has 0 radical (unpaired) electrons. The number of amides is 1. The van der Waals surface area contributed by atoms with Crippen molar-refractivity contribution in [1.29, 1.82) is 0 Å². The Morgan fingerprint density at radius 1 is 1.19 bits per heavy atom. The highest BCUT2D eigenvalue weighted by molar-refractivity contribution is 6.30. The number of nitrogens with zero attached hydrogens (tertiary/aromatic N) is 3. The molecule has 7 heteroatoms. The Hall–Kier alpha value is -2.05. The van der Waals surface area contributed by atoms with E-state index >= 15 is 0 Å². The van der Waals surface area contributed by atoms with Crippen LogP contribution in [0, 0.1) is 5.92 Å². The summed E-state index contributed by atoms with van der Waals surface area (Å²) in [6.07, 6.45) is 3.12. The number of likely N-dealkylation sites (N-methyl/N-ethyl adjacent to an activating group) is 1. The number of ether oxygens (including phenoxy) is 2. The zero-order valence-corrected chi connectivity index (χ0v) is 16.5. The average Bonchev–Trinajstić information content (AvgIpc) is 3.02. The van der Waals surface area contributed by atoms with Crippen molar-refractivity contribution in [2.45, 2.75) is 25.8 Å². The maximum atomic E-state index is 12.9. The largest absolute Gasteiger partial charge is 0.454 e. The van der Waals surface area contributed by atoms with Gasteiger partial charge in [0.05, 0.1) is 5.52 Å². The lowest BCUT2D eigenvalue weighted by Crippen LogP contribution is -2.41. The van der Waals surface area contributed by atoms with E-state index in [4.69, 9.17) is 21.1 Å². The van der Waals surface area contributed by atoms with E-state index in [1.165, 1.54) is 0 Å². The van der Waals surface area contributed by atoms with Crippen LogP contribution >= 0.6 is 11.6 Å². The molecule has 2 heterocycles. The monoisotopic (exact) mass is 389 g/mol. The molecule has 1 aliphatic heterocycles. The first-order valence-electron chi connectivity index (χ1n) is 9.33. The highest BCUT2D eigenvalue weighted by atomic mass is 35.5. The molecule has 4 rings (SSSR count). The predicted molar refractivity (Wildman–Crippen MR) is 104 cm³/mol. The summed E-state index contributed by atoms with van der Waals surface area (Å²) in [7, 11) is 4.03. The molecule has 1 aliphatic carbocycles. The fraction of sp³-hybridized carbons (Fsp3) is 0.500. The van der Waals surface area contributed by atoms with Crippen LogP contribution in [-0.4, -0.2) is 54.7 Å². The van der Waals surface area contributed by atoms with Gasteiger partial charge >= 0.3 is 0 Å². The molecule has 144 valence electrons. The standard InChI is InChI=1S/C20H24ClN3O3/c1-23(2)6-7-24(20(25)13-4-3-5-13)11-15-8-14-9-17-18(27-12-26-17)10-16(14)22-19(15)21/h8-10,13H,3-7,11-12H2,1-2H3. The van der Waals surface area contributed by atoms with Crippen LogP contribution in [0.25, 0.3) is 10.9 Å². The Labute approximate surface area is 164 Å². The molecule has 0 spiro atoms. The fourth-order valence-corrected chi connectivity index (χ4v) is 3.61. The Morgan fingerprint density at radius 2 is 1.93 bits per heavy atom. The van der Waals surface area contributed by atoms with Gasteiger partial charge in [0, 0.05) is 42.6 Å². The van der Waals surface area contributed by atoms with Gasteiger partial charge in [0.1, 0.15) is 5.15 Å². The molecule has 6 nitrogen and oxygen atoms in total. The van der Waals surface area contributed by atoms with E-state index in [0.29, 0.717) is 29.7 Å². The molecule has 0 saturated heterocycles. The molecule has 1 aromatic carbocycles. The van der Waals surface area contributed by atoms with Gasteiger partial charge in [-0.05, 0) is 39.1 Å². The second-order valence-corrected chi connectivity index (χ2v) is 7.89. The maximum absolute atomic E-state index is 12.9. The van der Waals surface area contributed by atoms with Crippen LogP contribution in [0.5, 0.6) is 11.5 Å². The van der Waals surface area contributed by atoms with Crippen molar-refractivity contribution in [3.05, 3.63) is 28.9 Å². The van der Waals surface area contributed by atoms with Gasteiger partial charge in [0.15, 0.2) is 11.5 Å². The van der Waals surface area contributed by atoms with Gasteiger partial charge in [-0.15, -0.1) is 0 Å². The van der Waals surface area contributed by atoms with Crippen LogP contribution in [0.15, 0.2) is 18.2 Å². The third kappa shape index (κ3) is 3.82. The van der Waals surface area contributed by atoms with E-state index in [9.17, 15) is 4.79 Å². The maximum Gasteiger partial charge on any atom is 0.231 e. The highest BCUT2D eigenvalue weighted by Crippen LogP contribution is 2.37. The van der Waals surface area contributed by atoms with Gasteiger partial charge in [-0.25, -0.2) is 4.98 Å². The van der Waals surface area contributed by atoms with Crippen molar-refractivity contribution in [2.75, 3.05) is 34.0 Å². The molecule has 0 atom stereocenters. The van der Waals surface area contributed by atoms with Crippen LogP contribution in [0.4, 0.5) is 0 Å². The number of fused-ring (bicyclic) bond motifs is 2. The molecule has 0 unspecified atom stereocenters. The summed E-state index contributed by atoms with van der Waals surface area (Å²) in [5, 5.41) is 1.36. The third-order valence-corrected chi connectivity index (χ3v) is 5.61. The van der Waals surface area contributed by atoms with Crippen molar-refractivity contribution in [3.63, 3.8) is 0 Å². The van der Waals surface area contributed by atoms with Gasteiger partial charge in [0.25, 0.3) is 0 Å². The number of benzene rings is 1. The molecule has 1 aromatic heterocycles. The van der Waals surface area contributed by atoms with E-state index in [1.54, 1.807) is 0 Å². The van der Waals surface area contributed by atoms with Gasteiger partial charge in [0.2, 0.25) is 12.7 Å². The minimum atomic E-state index is 0.160. The first kappa shape index (κ1) is 18.3. The summed E-state index contributed by atoms with van der Waals surface area (Å²) < 4.78 is 10.9. The number of carbonyl (C=O) groups is 1. The number of aromatic nitrogens is 1. The molecule has 0 bridgehead atoms. The molecule has 1 fully saturated rings. The molecular weight excluding hydrogens is 366 g/mol. The second kappa shape index (κ2) is 7.52. The summed E-state index contributed by atoms with van der Waals surface area (Å²) in [6, 6.07) is 5.77. The number of halogens is 1. The van der Waals surface area contributed by atoms with Gasteiger partial charge in [-0.3, -0.25) is 4.79 Å². The minimum Gasteiger partial charge on any atom is -0.454 e.